The number of carbonyl (C=O) groups excluding carboxylic acids is 2. The molecule has 0 bridgehead atoms. The van der Waals surface area contributed by atoms with Gasteiger partial charge in [-0.15, -0.1) is 0 Å². The van der Waals surface area contributed by atoms with Crippen LogP contribution in [0.25, 0.3) is 6.08 Å². The fraction of sp³-hybridized carbons (Fsp3) is 0.0588. The summed E-state index contributed by atoms with van der Waals surface area (Å²) < 4.78 is 1.08. The number of rotatable bonds is 4. The zero-order valence-corrected chi connectivity index (χ0v) is 15.0. The van der Waals surface area contributed by atoms with E-state index in [0.717, 1.165) is 26.6 Å². The van der Waals surface area contributed by atoms with Crippen molar-refractivity contribution >= 4 is 57.3 Å². The maximum absolute atomic E-state index is 12.4. The van der Waals surface area contributed by atoms with Crippen molar-refractivity contribution in [1.29, 1.82) is 0 Å². The molecule has 1 heterocycles. The first kappa shape index (κ1) is 16.1. The largest absolute Gasteiger partial charge is 0.367 e. The van der Waals surface area contributed by atoms with Gasteiger partial charge < -0.3 is 5.32 Å². The van der Waals surface area contributed by atoms with Crippen molar-refractivity contribution in [2.45, 2.75) is 0 Å². The Morgan fingerprint density at radius 3 is 2.61 bits per heavy atom. The van der Waals surface area contributed by atoms with Crippen LogP contribution in [0.2, 0.25) is 0 Å². The average molecular weight is 436 g/mol. The molecule has 116 valence electrons. The molecule has 2 aromatic carbocycles. The molecule has 0 aromatic heterocycles. The molecule has 2 amide bonds. The highest BCUT2D eigenvalue weighted by Crippen LogP contribution is 2.32. The minimum absolute atomic E-state index is 0.165. The van der Waals surface area contributed by atoms with Gasteiger partial charge in [0.2, 0.25) is 0 Å². The third kappa shape index (κ3) is 3.94. The highest BCUT2D eigenvalue weighted by Gasteiger charge is 2.34. The van der Waals surface area contributed by atoms with E-state index in [1.54, 1.807) is 6.08 Å². The standard InChI is InChI=1S/C17H13IN2O2S/c18-13-6-4-5-12(9-13)10-15-16(21)20(17(22)23-15)11-19-14-7-2-1-3-8-14/h1-10,19H,11H2. The van der Waals surface area contributed by atoms with Crippen LogP contribution in [-0.4, -0.2) is 22.7 Å². The van der Waals surface area contributed by atoms with Crippen molar-refractivity contribution in [3.63, 3.8) is 0 Å². The summed E-state index contributed by atoms with van der Waals surface area (Å²) in [5.41, 5.74) is 1.78. The van der Waals surface area contributed by atoms with Gasteiger partial charge in [0.15, 0.2) is 0 Å². The number of benzene rings is 2. The molecule has 0 radical (unpaired) electrons. The molecule has 0 atom stereocenters. The van der Waals surface area contributed by atoms with Crippen LogP contribution < -0.4 is 5.32 Å². The second-order valence-electron chi connectivity index (χ2n) is 4.87. The zero-order chi connectivity index (χ0) is 16.2. The number of thioether (sulfide) groups is 1. The maximum atomic E-state index is 12.4. The minimum Gasteiger partial charge on any atom is -0.367 e. The van der Waals surface area contributed by atoms with Crippen molar-refractivity contribution in [1.82, 2.24) is 4.90 Å². The number of imide groups is 1. The summed E-state index contributed by atoms with van der Waals surface area (Å²) >= 11 is 3.19. The molecule has 0 unspecified atom stereocenters. The molecule has 0 aliphatic carbocycles. The maximum Gasteiger partial charge on any atom is 0.295 e. The van der Waals surface area contributed by atoms with E-state index in [1.165, 1.54) is 4.90 Å². The molecule has 6 heteroatoms. The number of halogens is 1. The zero-order valence-electron chi connectivity index (χ0n) is 12.0. The lowest BCUT2D eigenvalue weighted by Gasteiger charge is -2.14. The van der Waals surface area contributed by atoms with Gasteiger partial charge in [-0.3, -0.25) is 14.5 Å². The molecule has 23 heavy (non-hydrogen) atoms. The van der Waals surface area contributed by atoms with Gasteiger partial charge in [0, 0.05) is 9.26 Å². The van der Waals surface area contributed by atoms with E-state index in [4.69, 9.17) is 0 Å². The van der Waals surface area contributed by atoms with E-state index < -0.39 is 0 Å². The molecular formula is C17H13IN2O2S. The number of carbonyl (C=O) groups is 2. The highest BCUT2D eigenvalue weighted by molar-refractivity contribution is 14.1. The molecule has 1 fully saturated rings. The third-order valence-electron chi connectivity index (χ3n) is 3.24. The molecule has 1 aliphatic rings. The van der Waals surface area contributed by atoms with Gasteiger partial charge in [-0.25, -0.2) is 0 Å². The van der Waals surface area contributed by atoms with Crippen LogP contribution in [0.15, 0.2) is 59.5 Å². The number of hydrogen-bond donors (Lipinski definition) is 1. The van der Waals surface area contributed by atoms with Crippen molar-refractivity contribution < 1.29 is 9.59 Å². The lowest BCUT2D eigenvalue weighted by molar-refractivity contribution is -0.122. The van der Waals surface area contributed by atoms with E-state index in [0.29, 0.717) is 4.91 Å². The van der Waals surface area contributed by atoms with Gasteiger partial charge in [0.1, 0.15) is 0 Å². The van der Waals surface area contributed by atoms with Gasteiger partial charge in [0.05, 0.1) is 11.6 Å². The summed E-state index contributed by atoms with van der Waals surface area (Å²) in [6, 6.07) is 17.3. The van der Waals surface area contributed by atoms with Gasteiger partial charge in [-0.2, -0.15) is 0 Å². The van der Waals surface area contributed by atoms with Gasteiger partial charge in [0.25, 0.3) is 11.1 Å². The van der Waals surface area contributed by atoms with Crippen LogP contribution in [0, 0.1) is 3.57 Å². The number of para-hydroxylation sites is 1. The van der Waals surface area contributed by atoms with Crippen LogP contribution in [0.4, 0.5) is 10.5 Å². The predicted octanol–water partition coefficient (Wildman–Crippen LogP) is 4.40. The van der Waals surface area contributed by atoms with E-state index in [1.807, 2.05) is 54.6 Å². The van der Waals surface area contributed by atoms with Crippen LogP contribution in [-0.2, 0) is 4.79 Å². The van der Waals surface area contributed by atoms with E-state index in [2.05, 4.69) is 27.9 Å². The predicted molar refractivity (Wildman–Crippen MR) is 102 cm³/mol. The summed E-state index contributed by atoms with van der Waals surface area (Å²) in [5, 5.41) is 2.83. The molecule has 4 nitrogen and oxygen atoms in total. The molecular weight excluding hydrogens is 423 g/mol. The molecule has 1 saturated heterocycles. The number of anilines is 1. The molecule has 2 aromatic rings. The summed E-state index contributed by atoms with van der Waals surface area (Å²) in [5.74, 6) is -0.262. The Balaban J connectivity index is 1.72. The summed E-state index contributed by atoms with van der Waals surface area (Å²) in [7, 11) is 0. The lowest BCUT2D eigenvalue weighted by Crippen LogP contribution is -2.33. The Labute approximate surface area is 152 Å². The Bertz CT molecular complexity index is 777. The van der Waals surface area contributed by atoms with Crippen LogP contribution in [0.3, 0.4) is 0 Å². The SMILES string of the molecule is O=C1SC(=Cc2cccc(I)c2)C(=O)N1CNc1ccccc1. The Morgan fingerprint density at radius 1 is 1.09 bits per heavy atom. The van der Waals surface area contributed by atoms with E-state index in [-0.39, 0.29) is 17.8 Å². The third-order valence-corrected chi connectivity index (χ3v) is 4.81. The fourth-order valence-electron chi connectivity index (χ4n) is 2.11. The van der Waals surface area contributed by atoms with Gasteiger partial charge in [-0.05, 0) is 70.3 Å². The highest BCUT2D eigenvalue weighted by atomic mass is 127. The number of nitrogens with one attached hydrogen (secondary N) is 1. The molecule has 0 spiro atoms. The fourth-order valence-corrected chi connectivity index (χ4v) is 3.52. The minimum atomic E-state index is -0.262. The van der Waals surface area contributed by atoms with Crippen molar-refractivity contribution in [2.75, 3.05) is 12.0 Å². The first-order valence-corrected chi connectivity index (χ1v) is 8.83. The number of amides is 2. The molecule has 1 aliphatic heterocycles. The van der Waals surface area contributed by atoms with Crippen molar-refractivity contribution in [2.24, 2.45) is 0 Å². The van der Waals surface area contributed by atoms with Crippen LogP contribution in [0.5, 0.6) is 0 Å². The monoisotopic (exact) mass is 436 g/mol. The number of hydrogen-bond acceptors (Lipinski definition) is 4. The first-order chi connectivity index (χ1) is 11.1. The quantitative estimate of drug-likeness (QED) is 0.571. The second-order valence-corrected chi connectivity index (χ2v) is 7.10. The molecule has 0 saturated carbocycles. The van der Waals surface area contributed by atoms with Crippen molar-refractivity contribution in [3.05, 3.63) is 68.6 Å². The van der Waals surface area contributed by atoms with E-state index >= 15 is 0 Å². The Morgan fingerprint density at radius 2 is 1.87 bits per heavy atom. The molecule has 3 rings (SSSR count). The van der Waals surface area contributed by atoms with Crippen molar-refractivity contribution in [3.8, 4) is 0 Å². The van der Waals surface area contributed by atoms with Crippen LogP contribution in [0.1, 0.15) is 5.56 Å². The first-order valence-electron chi connectivity index (χ1n) is 6.93. The Hall–Kier alpha value is -1.80. The summed E-state index contributed by atoms with van der Waals surface area (Å²) in [6.45, 7) is 0.165. The lowest BCUT2D eigenvalue weighted by atomic mass is 10.2. The normalized spacial score (nSPS) is 16.2. The molecule has 1 N–H and O–H groups in total. The van der Waals surface area contributed by atoms with Gasteiger partial charge in [-0.1, -0.05) is 30.3 Å². The Kier molecular flexibility index (Phi) is 5.02. The second kappa shape index (κ2) is 7.18. The topological polar surface area (TPSA) is 49.4 Å². The number of nitrogens with zero attached hydrogens (tertiary/aromatic N) is 1. The van der Waals surface area contributed by atoms with E-state index in [9.17, 15) is 9.59 Å². The smallest absolute Gasteiger partial charge is 0.295 e. The average Bonchev–Trinajstić information content (AvgIpc) is 2.80. The van der Waals surface area contributed by atoms with Crippen LogP contribution >= 0.6 is 34.4 Å². The van der Waals surface area contributed by atoms with Gasteiger partial charge >= 0.3 is 0 Å². The summed E-state index contributed by atoms with van der Waals surface area (Å²) in [6.07, 6.45) is 1.76. The summed E-state index contributed by atoms with van der Waals surface area (Å²) in [4.78, 5) is 26.1.